The average molecular weight is 440 g/mol. The summed E-state index contributed by atoms with van der Waals surface area (Å²) in [6.07, 6.45) is 1.27. The third-order valence-corrected chi connectivity index (χ3v) is 4.79. The highest BCUT2D eigenvalue weighted by Crippen LogP contribution is 2.34. The number of carbonyl (C=O) groups is 3. The van der Waals surface area contributed by atoms with E-state index in [1.807, 2.05) is 0 Å². The van der Waals surface area contributed by atoms with Gasteiger partial charge in [-0.25, -0.2) is 9.69 Å². The number of nitrogens with zero attached hydrogens (tertiary/aromatic N) is 1. The van der Waals surface area contributed by atoms with Crippen LogP contribution in [0.4, 0.5) is 10.5 Å². The van der Waals surface area contributed by atoms with Crippen molar-refractivity contribution in [3.63, 3.8) is 0 Å². The predicted octanol–water partition coefficient (Wildman–Crippen LogP) is 4.63. The Morgan fingerprint density at radius 2 is 1.75 bits per heavy atom. The van der Waals surface area contributed by atoms with Crippen molar-refractivity contribution in [2.24, 2.45) is 0 Å². The molecule has 0 spiro atoms. The Morgan fingerprint density at radius 3 is 2.43 bits per heavy atom. The number of carbonyl (C=O) groups excluding carboxylic acids is 3. The van der Waals surface area contributed by atoms with E-state index in [0.717, 1.165) is 4.90 Å². The van der Waals surface area contributed by atoms with Gasteiger partial charge in [0, 0.05) is 15.6 Å². The molecule has 28 heavy (non-hydrogen) atoms. The lowest BCUT2D eigenvalue weighted by atomic mass is 10.0. The Labute approximate surface area is 175 Å². The topological polar surface area (TPSA) is 75.7 Å². The number of imide groups is 2. The minimum Gasteiger partial charge on any atom is -0.495 e. The monoisotopic (exact) mass is 438 g/mol. The fourth-order valence-electron chi connectivity index (χ4n) is 2.76. The van der Waals surface area contributed by atoms with Gasteiger partial charge in [0.15, 0.2) is 0 Å². The van der Waals surface area contributed by atoms with Crippen LogP contribution in [0, 0.1) is 6.92 Å². The van der Waals surface area contributed by atoms with Crippen molar-refractivity contribution in [1.82, 2.24) is 5.32 Å². The highest BCUT2D eigenvalue weighted by atomic mass is 35.5. The molecule has 6 nitrogen and oxygen atoms in total. The third-order valence-electron chi connectivity index (χ3n) is 4.05. The first kappa shape index (κ1) is 20.2. The van der Waals surface area contributed by atoms with E-state index in [4.69, 9.17) is 39.5 Å². The molecule has 1 aliphatic rings. The Hall–Kier alpha value is -2.54. The van der Waals surface area contributed by atoms with Gasteiger partial charge in [0.2, 0.25) is 0 Å². The van der Waals surface area contributed by atoms with Crippen molar-refractivity contribution < 1.29 is 19.1 Å². The summed E-state index contributed by atoms with van der Waals surface area (Å²) < 4.78 is 5.23. The second kappa shape index (κ2) is 7.83. The van der Waals surface area contributed by atoms with Crippen LogP contribution in [-0.4, -0.2) is 25.0 Å². The zero-order valence-corrected chi connectivity index (χ0v) is 16.9. The summed E-state index contributed by atoms with van der Waals surface area (Å²) in [5.41, 5.74) is 0.931. The highest BCUT2D eigenvalue weighted by Gasteiger charge is 2.37. The molecule has 4 amide bonds. The van der Waals surface area contributed by atoms with Crippen molar-refractivity contribution in [3.8, 4) is 5.75 Å². The molecule has 1 saturated heterocycles. The first-order valence-corrected chi connectivity index (χ1v) is 9.07. The SMILES string of the molecule is COc1c(Cl)cc(Cl)cc1/C=C1\C(=O)NC(=O)N(c2cc(Cl)ccc2C)C1=O. The van der Waals surface area contributed by atoms with Gasteiger partial charge in [-0.3, -0.25) is 14.9 Å². The molecule has 1 aliphatic heterocycles. The van der Waals surface area contributed by atoms with E-state index < -0.39 is 17.8 Å². The van der Waals surface area contributed by atoms with Crippen LogP contribution < -0.4 is 15.0 Å². The molecule has 0 radical (unpaired) electrons. The first-order valence-electron chi connectivity index (χ1n) is 7.93. The van der Waals surface area contributed by atoms with Crippen LogP contribution in [0.3, 0.4) is 0 Å². The second-order valence-electron chi connectivity index (χ2n) is 5.90. The van der Waals surface area contributed by atoms with Gasteiger partial charge in [0.25, 0.3) is 11.8 Å². The molecule has 1 N–H and O–H groups in total. The number of hydrogen-bond donors (Lipinski definition) is 1. The van der Waals surface area contributed by atoms with E-state index in [9.17, 15) is 14.4 Å². The Balaban J connectivity index is 2.13. The number of aryl methyl sites for hydroxylation is 1. The molecule has 9 heteroatoms. The lowest BCUT2D eigenvalue weighted by molar-refractivity contribution is -0.122. The maximum Gasteiger partial charge on any atom is 0.335 e. The number of anilines is 1. The first-order chi connectivity index (χ1) is 13.2. The number of halogens is 3. The Kier molecular flexibility index (Phi) is 5.65. The predicted molar refractivity (Wildman–Crippen MR) is 108 cm³/mol. The highest BCUT2D eigenvalue weighted by molar-refractivity contribution is 6.40. The Morgan fingerprint density at radius 1 is 1.04 bits per heavy atom. The number of barbiturate groups is 1. The molecular formula is C19H13Cl3N2O4. The summed E-state index contributed by atoms with van der Waals surface area (Å²) in [6, 6.07) is 6.86. The number of hydrogen-bond acceptors (Lipinski definition) is 4. The van der Waals surface area contributed by atoms with Gasteiger partial charge < -0.3 is 4.74 Å². The fraction of sp³-hybridized carbons (Fsp3) is 0.105. The van der Waals surface area contributed by atoms with Crippen molar-refractivity contribution in [2.75, 3.05) is 12.0 Å². The fourth-order valence-corrected chi connectivity index (χ4v) is 3.51. The molecule has 0 aliphatic carbocycles. The molecule has 2 aromatic carbocycles. The lowest BCUT2D eigenvalue weighted by Gasteiger charge is -2.27. The minimum absolute atomic E-state index is 0.212. The molecule has 144 valence electrons. The standard InChI is InChI=1S/C19H13Cl3N2O4/c1-9-3-4-11(20)8-15(9)24-18(26)13(17(25)23-19(24)27)6-10-5-12(21)7-14(22)16(10)28-2/h3-8H,1-2H3,(H,23,25,27)/b13-6+. The van der Waals surface area contributed by atoms with Gasteiger partial charge in [-0.2, -0.15) is 0 Å². The smallest absolute Gasteiger partial charge is 0.335 e. The average Bonchev–Trinajstić information content (AvgIpc) is 2.61. The lowest BCUT2D eigenvalue weighted by Crippen LogP contribution is -2.54. The summed E-state index contributed by atoms with van der Waals surface area (Å²) in [4.78, 5) is 38.5. The Bertz CT molecular complexity index is 1050. The molecule has 0 aromatic heterocycles. The number of benzene rings is 2. The normalized spacial score (nSPS) is 15.8. The van der Waals surface area contributed by atoms with Crippen molar-refractivity contribution >= 4 is 64.4 Å². The molecule has 3 rings (SSSR count). The van der Waals surface area contributed by atoms with Gasteiger partial charge in [0.1, 0.15) is 11.3 Å². The number of ether oxygens (including phenoxy) is 1. The molecule has 1 heterocycles. The van der Waals surface area contributed by atoms with E-state index >= 15 is 0 Å². The van der Waals surface area contributed by atoms with Gasteiger partial charge in [-0.05, 0) is 42.8 Å². The maximum absolute atomic E-state index is 13.0. The van der Waals surface area contributed by atoms with E-state index in [-0.39, 0.29) is 22.0 Å². The molecule has 1 fully saturated rings. The number of urea groups is 1. The summed E-state index contributed by atoms with van der Waals surface area (Å²) in [5.74, 6) is -1.41. The number of amides is 4. The third kappa shape index (κ3) is 3.71. The van der Waals surface area contributed by atoms with Gasteiger partial charge in [0.05, 0.1) is 17.8 Å². The minimum atomic E-state index is -0.867. The number of nitrogens with one attached hydrogen (secondary N) is 1. The quantitative estimate of drug-likeness (QED) is 0.559. The number of methoxy groups -OCH3 is 1. The second-order valence-corrected chi connectivity index (χ2v) is 7.18. The number of rotatable bonds is 3. The molecular weight excluding hydrogens is 427 g/mol. The summed E-state index contributed by atoms with van der Waals surface area (Å²) >= 11 is 18.1. The van der Waals surface area contributed by atoms with E-state index in [1.165, 1.54) is 31.4 Å². The summed E-state index contributed by atoms with van der Waals surface area (Å²) in [5, 5.41) is 2.99. The van der Waals surface area contributed by atoms with Gasteiger partial charge >= 0.3 is 6.03 Å². The molecule has 0 saturated carbocycles. The zero-order valence-electron chi connectivity index (χ0n) is 14.7. The van der Waals surface area contributed by atoms with Crippen LogP contribution in [0.25, 0.3) is 6.08 Å². The van der Waals surface area contributed by atoms with Crippen molar-refractivity contribution in [3.05, 3.63) is 62.1 Å². The van der Waals surface area contributed by atoms with Crippen molar-refractivity contribution in [1.29, 1.82) is 0 Å². The molecule has 2 aromatic rings. The van der Waals surface area contributed by atoms with Gasteiger partial charge in [-0.15, -0.1) is 0 Å². The van der Waals surface area contributed by atoms with Crippen LogP contribution in [0.5, 0.6) is 5.75 Å². The summed E-state index contributed by atoms with van der Waals surface area (Å²) in [6.45, 7) is 1.71. The largest absolute Gasteiger partial charge is 0.495 e. The maximum atomic E-state index is 13.0. The van der Waals surface area contributed by atoms with Crippen LogP contribution in [-0.2, 0) is 9.59 Å². The zero-order chi connectivity index (χ0) is 20.6. The summed E-state index contributed by atoms with van der Waals surface area (Å²) in [7, 11) is 1.39. The molecule has 0 bridgehead atoms. The van der Waals surface area contributed by atoms with Crippen LogP contribution in [0.15, 0.2) is 35.9 Å². The van der Waals surface area contributed by atoms with Crippen LogP contribution in [0.1, 0.15) is 11.1 Å². The van der Waals surface area contributed by atoms with Crippen molar-refractivity contribution in [2.45, 2.75) is 6.92 Å². The van der Waals surface area contributed by atoms with Crippen LogP contribution in [0.2, 0.25) is 15.1 Å². The van der Waals surface area contributed by atoms with E-state index in [0.29, 0.717) is 21.2 Å². The van der Waals surface area contributed by atoms with Gasteiger partial charge in [-0.1, -0.05) is 40.9 Å². The van der Waals surface area contributed by atoms with E-state index in [2.05, 4.69) is 5.32 Å². The molecule has 0 atom stereocenters. The van der Waals surface area contributed by atoms with E-state index in [1.54, 1.807) is 19.1 Å². The molecule has 0 unspecified atom stereocenters. The van der Waals surface area contributed by atoms with Crippen LogP contribution >= 0.6 is 34.8 Å².